The summed E-state index contributed by atoms with van der Waals surface area (Å²) in [5.74, 6) is -1.17. The smallest absolute Gasteiger partial charge is 0.335 e. The third-order valence-corrected chi connectivity index (χ3v) is 6.05. The van der Waals surface area contributed by atoms with E-state index in [0.29, 0.717) is 25.4 Å². The van der Waals surface area contributed by atoms with Crippen LogP contribution in [0.25, 0.3) is 0 Å². The number of ether oxygens (including phenoxy) is 2. The molecule has 3 N–H and O–H groups in total. The minimum absolute atomic E-state index is 0.0320. The summed E-state index contributed by atoms with van der Waals surface area (Å²) in [4.78, 5) is 11.2. The first-order chi connectivity index (χ1) is 12.5. The summed E-state index contributed by atoms with van der Waals surface area (Å²) in [5.41, 5.74) is 0.287. The summed E-state index contributed by atoms with van der Waals surface area (Å²) in [6, 6.07) is 4.05. The van der Waals surface area contributed by atoms with Gasteiger partial charge in [0.1, 0.15) is 4.90 Å². The number of anilines is 1. The van der Waals surface area contributed by atoms with Gasteiger partial charge in [-0.15, -0.1) is 0 Å². The number of carbonyl (C=O) groups is 1. The number of hydrogen-bond acceptors (Lipinski definition) is 6. The highest BCUT2D eigenvalue weighted by atomic mass is 32.2. The van der Waals surface area contributed by atoms with Crippen LogP contribution in [0.1, 0.15) is 36.0 Å². The van der Waals surface area contributed by atoms with Gasteiger partial charge < -0.3 is 19.9 Å². The van der Waals surface area contributed by atoms with E-state index in [-0.39, 0.29) is 29.2 Å². The molecule has 2 saturated heterocycles. The number of nitrogens with one attached hydrogen (secondary N) is 2. The molecule has 2 atom stereocenters. The van der Waals surface area contributed by atoms with Gasteiger partial charge in [-0.25, -0.2) is 17.9 Å². The molecule has 0 aliphatic carbocycles. The molecule has 1 aromatic rings. The largest absolute Gasteiger partial charge is 0.478 e. The molecule has 0 aromatic heterocycles. The van der Waals surface area contributed by atoms with E-state index in [9.17, 15) is 18.3 Å². The van der Waals surface area contributed by atoms with Crippen LogP contribution >= 0.6 is 0 Å². The maximum Gasteiger partial charge on any atom is 0.335 e. The van der Waals surface area contributed by atoms with E-state index in [4.69, 9.17) is 9.47 Å². The van der Waals surface area contributed by atoms with Crippen LogP contribution in [0.2, 0.25) is 0 Å². The number of hydrogen-bond donors (Lipinski definition) is 3. The molecule has 0 bridgehead atoms. The van der Waals surface area contributed by atoms with Crippen LogP contribution in [0.15, 0.2) is 23.1 Å². The predicted molar refractivity (Wildman–Crippen MR) is 95.0 cm³/mol. The van der Waals surface area contributed by atoms with Crippen LogP contribution in [-0.4, -0.2) is 58.0 Å². The minimum atomic E-state index is -3.88. The summed E-state index contributed by atoms with van der Waals surface area (Å²) in [6.07, 6.45) is 3.51. The Hall–Kier alpha value is -1.68. The molecule has 3 rings (SSSR count). The second-order valence-corrected chi connectivity index (χ2v) is 8.25. The highest BCUT2D eigenvalue weighted by Crippen LogP contribution is 2.24. The Labute approximate surface area is 152 Å². The SMILES string of the molecule is O=C(O)c1ccc(NC[C@H]2CCCO2)c(S(=O)(=O)NC[C@@H]2CCCO2)c1. The van der Waals surface area contributed by atoms with Crippen molar-refractivity contribution in [3.63, 3.8) is 0 Å². The molecule has 2 fully saturated rings. The second kappa shape index (κ2) is 8.34. The van der Waals surface area contributed by atoms with Crippen LogP contribution in [0.5, 0.6) is 0 Å². The van der Waals surface area contributed by atoms with E-state index in [1.165, 1.54) is 18.2 Å². The lowest BCUT2D eigenvalue weighted by atomic mass is 10.2. The Bertz CT molecular complexity index is 740. The first kappa shape index (κ1) is 19.1. The quantitative estimate of drug-likeness (QED) is 0.621. The van der Waals surface area contributed by atoms with Crippen molar-refractivity contribution in [2.24, 2.45) is 0 Å². The summed E-state index contributed by atoms with van der Waals surface area (Å²) in [5, 5.41) is 12.3. The fourth-order valence-electron chi connectivity index (χ4n) is 3.14. The molecule has 0 spiro atoms. The van der Waals surface area contributed by atoms with Crippen molar-refractivity contribution in [2.75, 3.05) is 31.6 Å². The van der Waals surface area contributed by atoms with Gasteiger partial charge in [0, 0.05) is 26.3 Å². The van der Waals surface area contributed by atoms with Crippen molar-refractivity contribution < 1.29 is 27.8 Å². The van der Waals surface area contributed by atoms with Crippen molar-refractivity contribution in [3.8, 4) is 0 Å². The molecular weight excluding hydrogens is 360 g/mol. The van der Waals surface area contributed by atoms with E-state index in [2.05, 4.69) is 10.0 Å². The lowest BCUT2D eigenvalue weighted by Crippen LogP contribution is -2.32. The number of benzene rings is 1. The highest BCUT2D eigenvalue weighted by Gasteiger charge is 2.24. The first-order valence-electron chi connectivity index (χ1n) is 8.80. The fraction of sp³-hybridized carbons (Fsp3) is 0.588. The van der Waals surface area contributed by atoms with Crippen LogP contribution < -0.4 is 10.0 Å². The van der Waals surface area contributed by atoms with Crippen molar-refractivity contribution in [2.45, 2.75) is 42.8 Å². The van der Waals surface area contributed by atoms with E-state index in [0.717, 1.165) is 25.7 Å². The van der Waals surface area contributed by atoms with Crippen molar-refractivity contribution in [1.82, 2.24) is 4.72 Å². The van der Waals surface area contributed by atoms with E-state index in [1.807, 2.05) is 0 Å². The normalized spacial score (nSPS) is 23.2. The molecule has 0 saturated carbocycles. The zero-order valence-electron chi connectivity index (χ0n) is 14.4. The number of carboxylic acids is 1. The highest BCUT2D eigenvalue weighted by molar-refractivity contribution is 7.89. The zero-order chi connectivity index (χ0) is 18.6. The van der Waals surface area contributed by atoms with Crippen LogP contribution in [0, 0.1) is 0 Å². The molecule has 2 heterocycles. The van der Waals surface area contributed by atoms with E-state index >= 15 is 0 Å². The standard InChI is InChI=1S/C17H24N2O6S/c20-17(21)12-5-6-15(18-10-13-3-1-7-24-13)16(9-12)26(22,23)19-11-14-4-2-8-25-14/h5-6,9,13-14,18-19H,1-4,7-8,10-11H2,(H,20,21)/t13-,14+/m1/s1. The van der Waals surface area contributed by atoms with Gasteiger partial charge in [-0.05, 0) is 43.9 Å². The van der Waals surface area contributed by atoms with Gasteiger partial charge in [-0.3, -0.25) is 0 Å². The molecule has 2 aliphatic heterocycles. The molecular formula is C17H24N2O6S. The van der Waals surface area contributed by atoms with Crippen molar-refractivity contribution >= 4 is 21.7 Å². The Morgan fingerprint density at radius 2 is 1.77 bits per heavy atom. The molecule has 1 aromatic carbocycles. The molecule has 2 aliphatic rings. The third kappa shape index (κ3) is 4.73. The second-order valence-electron chi connectivity index (χ2n) is 6.52. The van der Waals surface area contributed by atoms with Crippen molar-refractivity contribution in [1.29, 1.82) is 0 Å². The van der Waals surface area contributed by atoms with Crippen LogP contribution in [0.4, 0.5) is 5.69 Å². The number of rotatable bonds is 8. The van der Waals surface area contributed by atoms with Gasteiger partial charge in [-0.2, -0.15) is 0 Å². The van der Waals surface area contributed by atoms with Gasteiger partial charge in [0.05, 0.1) is 23.5 Å². The van der Waals surface area contributed by atoms with Gasteiger partial charge in [-0.1, -0.05) is 0 Å². The van der Waals surface area contributed by atoms with E-state index in [1.54, 1.807) is 0 Å². The molecule has 0 unspecified atom stereocenters. The number of carboxylic acid groups (broad SMARTS) is 1. The average molecular weight is 384 g/mol. The molecule has 144 valence electrons. The maximum atomic E-state index is 12.7. The van der Waals surface area contributed by atoms with Gasteiger partial charge in [0.25, 0.3) is 0 Å². The Balaban J connectivity index is 1.78. The average Bonchev–Trinajstić information content (AvgIpc) is 3.31. The van der Waals surface area contributed by atoms with Gasteiger partial charge in [0.15, 0.2) is 0 Å². The van der Waals surface area contributed by atoms with Crippen molar-refractivity contribution in [3.05, 3.63) is 23.8 Å². The zero-order valence-corrected chi connectivity index (χ0v) is 15.3. The lowest BCUT2D eigenvalue weighted by molar-refractivity contribution is 0.0696. The van der Waals surface area contributed by atoms with Gasteiger partial charge >= 0.3 is 5.97 Å². The third-order valence-electron chi connectivity index (χ3n) is 4.59. The fourth-order valence-corrected chi connectivity index (χ4v) is 4.41. The maximum absolute atomic E-state index is 12.7. The van der Waals surface area contributed by atoms with Crippen LogP contribution in [-0.2, 0) is 19.5 Å². The Morgan fingerprint density at radius 1 is 1.12 bits per heavy atom. The summed E-state index contributed by atoms with van der Waals surface area (Å²) in [7, 11) is -3.88. The number of aromatic carboxylic acids is 1. The number of sulfonamides is 1. The summed E-state index contributed by atoms with van der Waals surface area (Å²) in [6.45, 7) is 1.99. The summed E-state index contributed by atoms with van der Waals surface area (Å²) >= 11 is 0. The summed E-state index contributed by atoms with van der Waals surface area (Å²) < 4.78 is 39.0. The Morgan fingerprint density at radius 3 is 2.35 bits per heavy atom. The molecule has 0 radical (unpaired) electrons. The first-order valence-corrected chi connectivity index (χ1v) is 10.3. The topological polar surface area (TPSA) is 114 Å². The molecule has 26 heavy (non-hydrogen) atoms. The molecule has 8 nitrogen and oxygen atoms in total. The van der Waals surface area contributed by atoms with E-state index < -0.39 is 16.0 Å². The molecule has 0 amide bonds. The molecule has 9 heteroatoms. The Kier molecular flexibility index (Phi) is 6.13. The lowest BCUT2D eigenvalue weighted by Gasteiger charge is -2.17. The van der Waals surface area contributed by atoms with Gasteiger partial charge in [0.2, 0.25) is 10.0 Å². The van der Waals surface area contributed by atoms with Crippen LogP contribution in [0.3, 0.4) is 0 Å². The minimum Gasteiger partial charge on any atom is -0.478 e. The monoisotopic (exact) mass is 384 g/mol. The predicted octanol–water partition coefficient (Wildman–Crippen LogP) is 1.43.